The zero-order chi connectivity index (χ0) is 23.2. The number of fused-ring (bicyclic) bond motifs is 1. The highest BCUT2D eigenvalue weighted by Gasteiger charge is 2.13. The predicted octanol–water partition coefficient (Wildman–Crippen LogP) is 5.48. The number of para-hydroxylation sites is 2. The second kappa shape index (κ2) is 10.1. The predicted molar refractivity (Wildman–Crippen MR) is 129 cm³/mol. The molecule has 4 N–H and O–H groups in total. The summed E-state index contributed by atoms with van der Waals surface area (Å²) in [6.07, 6.45) is 0. The lowest BCUT2D eigenvalue weighted by Crippen LogP contribution is -2.02. The fourth-order valence-corrected chi connectivity index (χ4v) is 3.65. The quantitative estimate of drug-likeness (QED) is 0.236. The average Bonchev–Trinajstić information content (AvgIpc) is 3.27. The highest BCUT2D eigenvalue weighted by Crippen LogP contribution is 2.40. The van der Waals surface area contributed by atoms with Crippen molar-refractivity contribution < 1.29 is 23.8 Å². The maximum absolute atomic E-state index is 9.24. The van der Waals surface area contributed by atoms with Crippen LogP contribution < -0.4 is 30.3 Å². The smallest absolute Gasteiger partial charge is 0.203 e. The van der Waals surface area contributed by atoms with Crippen molar-refractivity contribution in [3.8, 4) is 17.2 Å². The molecule has 0 aliphatic rings. The number of nitrogens with one attached hydrogen (secondary N) is 3. The Morgan fingerprint density at radius 3 is 2.18 bits per heavy atom. The second-order valence-electron chi connectivity index (χ2n) is 7.36. The molecule has 0 fully saturated rings. The Kier molecular flexibility index (Phi) is 6.75. The molecule has 1 aromatic heterocycles. The fourth-order valence-electron chi connectivity index (χ4n) is 3.65. The molecule has 8 nitrogen and oxygen atoms in total. The van der Waals surface area contributed by atoms with Crippen molar-refractivity contribution in [2.45, 2.75) is 13.1 Å². The van der Waals surface area contributed by atoms with Gasteiger partial charge >= 0.3 is 0 Å². The molecule has 3 aromatic carbocycles. The van der Waals surface area contributed by atoms with Crippen LogP contribution in [0.3, 0.4) is 0 Å². The van der Waals surface area contributed by atoms with Crippen molar-refractivity contribution in [1.82, 2.24) is 0 Å². The van der Waals surface area contributed by atoms with Crippen molar-refractivity contribution in [2.75, 3.05) is 37.4 Å². The van der Waals surface area contributed by atoms with Gasteiger partial charge in [0.15, 0.2) is 11.5 Å². The Labute approximate surface area is 192 Å². The van der Waals surface area contributed by atoms with Crippen molar-refractivity contribution >= 4 is 28.0 Å². The van der Waals surface area contributed by atoms with Crippen LogP contribution in [-0.2, 0) is 13.1 Å². The monoisotopic (exact) mass is 449 g/mol. The van der Waals surface area contributed by atoms with Crippen LogP contribution in [0.4, 0.5) is 17.1 Å². The summed E-state index contributed by atoms with van der Waals surface area (Å²) in [4.78, 5) is 0. The first-order chi connectivity index (χ1) is 16.1. The summed E-state index contributed by atoms with van der Waals surface area (Å²) in [5, 5.41) is 16.9. The van der Waals surface area contributed by atoms with E-state index in [-0.39, 0.29) is 0 Å². The van der Waals surface area contributed by atoms with E-state index in [1.807, 2.05) is 48.5 Å². The van der Waals surface area contributed by atoms with Gasteiger partial charge in [0.25, 0.3) is 0 Å². The minimum Gasteiger partial charge on any atom is -0.493 e. The fraction of sp³-hybridized carbons (Fsp3) is 0.200. The lowest BCUT2D eigenvalue weighted by Gasteiger charge is -2.15. The Bertz CT molecular complexity index is 1210. The van der Waals surface area contributed by atoms with Gasteiger partial charge in [-0.1, -0.05) is 18.2 Å². The van der Waals surface area contributed by atoms with Gasteiger partial charge in [-0.25, -0.2) is 0 Å². The van der Waals surface area contributed by atoms with Crippen LogP contribution in [0.2, 0.25) is 0 Å². The van der Waals surface area contributed by atoms with Crippen LogP contribution in [0.15, 0.2) is 65.1 Å². The third kappa shape index (κ3) is 4.91. The minimum atomic E-state index is 0.492. The van der Waals surface area contributed by atoms with Gasteiger partial charge in [0.1, 0.15) is 11.3 Å². The van der Waals surface area contributed by atoms with E-state index in [9.17, 15) is 5.21 Å². The third-order valence-electron chi connectivity index (χ3n) is 5.29. The summed E-state index contributed by atoms with van der Waals surface area (Å²) in [5.74, 6) is 2.55. The molecule has 0 atom stereocenters. The largest absolute Gasteiger partial charge is 0.493 e. The van der Waals surface area contributed by atoms with Gasteiger partial charge in [-0.2, -0.15) is 0 Å². The van der Waals surface area contributed by atoms with Gasteiger partial charge in [-0.15, -0.1) is 0 Å². The van der Waals surface area contributed by atoms with Gasteiger partial charge in [-0.3, -0.25) is 10.7 Å². The SMILES string of the molecule is COc1cc(NCc2ccc3oc(CNc4ccccc4NO)cc3c2)cc(OC)c1OC. The first-order valence-electron chi connectivity index (χ1n) is 10.4. The molecule has 4 aromatic rings. The van der Waals surface area contributed by atoms with Crippen LogP contribution in [0.5, 0.6) is 17.2 Å². The molecule has 4 rings (SSSR count). The molecule has 0 saturated carbocycles. The Morgan fingerprint density at radius 2 is 1.52 bits per heavy atom. The highest BCUT2D eigenvalue weighted by atomic mass is 16.5. The maximum Gasteiger partial charge on any atom is 0.203 e. The molecule has 33 heavy (non-hydrogen) atoms. The normalized spacial score (nSPS) is 10.7. The second-order valence-corrected chi connectivity index (χ2v) is 7.36. The van der Waals surface area contributed by atoms with Crippen LogP contribution >= 0.6 is 0 Å². The first-order valence-corrected chi connectivity index (χ1v) is 10.4. The van der Waals surface area contributed by atoms with Crippen LogP contribution in [0.1, 0.15) is 11.3 Å². The number of ether oxygens (including phenoxy) is 3. The van der Waals surface area contributed by atoms with Crippen molar-refractivity contribution in [1.29, 1.82) is 0 Å². The number of benzene rings is 3. The third-order valence-corrected chi connectivity index (χ3v) is 5.29. The van der Waals surface area contributed by atoms with E-state index in [0.717, 1.165) is 33.7 Å². The standard InChI is InChI=1S/C25H27N3O5/c1-30-23-12-18(13-24(31-2)25(23)32-3)26-14-16-8-9-22-17(10-16)11-19(33-22)15-27-20-6-4-5-7-21(20)28-29/h4-13,26-29H,14-15H2,1-3H3. The van der Waals surface area contributed by atoms with Crippen LogP contribution in [-0.4, -0.2) is 26.5 Å². The van der Waals surface area contributed by atoms with Gasteiger partial charge in [0.05, 0.1) is 39.2 Å². The summed E-state index contributed by atoms with van der Waals surface area (Å²) in [6, 6.07) is 19.3. The Balaban J connectivity index is 1.46. The van der Waals surface area contributed by atoms with Gasteiger partial charge in [0.2, 0.25) is 5.75 Å². The number of hydrogen-bond donors (Lipinski definition) is 4. The van der Waals surface area contributed by atoms with E-state index < -0.39 is 0 Å². The number of rotatable bonds is 10. The molecule has 0 aliphatic heterocycles. The lowest BCUT2D eigenvalue weighted by molar-refractivity contribution is 0.324. The molecule has 0 spiro atoms. The van der Waals surface area contributed by atoms with Gasteiger partial charge in [-0.05, 0) is 35.9 Å². The number of methoxy groups -OCH3 is 3. The molecule has 0 aliphatic carbocycles. The summed E-state index contributed by atoms with van der Waals surface area (Å²) in [5.41, 5.74) is 6.36. The molecule has 0 bridgehead atoms. The summed E-state index contributed by atoms with van der Waals surface area (Å²) >= 11 is 0. The number of anilines is 3. The molecular formula is C25H27N3O5. The molecule has 172 valence electrons. The van der Waals surface area contributed by atoms with E-state index in [0.29, 0.717) is 36.0 Å². The van der Waals surface area contributed by atoms with Crippen LogP contribution in [0.25, 0.3) is 11.0 Å². The van der Waals surface area contributed by atoms with Gasteiger partial charge < -0.3 is 29.3 Å². The molecule has 0 unspecified atom stereocenters. The van der Waals surface area contributed by atoms with E-state index in [2.05, 4.69) is 22.2 Å². The topological polar surface area (TPSA) is 97.2 Å². The van der Waals surface area contributed by atoms with E-state index in [4.69, 9.17) is 18.6 Å². The Morgan fingerprint density at radius 1 is 0.788 bits per heavy atom. The zero-order valence-electron chi connectivity index (χ0n) is 18.8. The molecule has 0 radical (unpaired) electrons. The molecule has 1 heterocycles. The van der Waals surface area contributed by atoms with E-state index >= 15 is 0 Å². The lowest BCUT2D eigenvalue weighted by atomic mass is 10.1. The molecule has 0 saturated heterocycles. The highest BCUT2D eigenvalue weighted by molar-refractivity contribution is 5.79. The summed E-state index contributed by atoms with van der Waals surface area (Å²) < 4.78 is 22.2. The summed E-state index contributed by atoms with van der Waals surface area (Å²) in [6.45, 7) is 1.11. The molecule has 0 amide bonds. The summed E-state index contributed by atoms with van der Waals surface area (Å²) in [7, 11) is 4.78. The molecular weight excluding hydrogens is 422 g/mol. The Hall–Kier alpha value is -4.04. The van der Waals surface area contributed by atoms with Crippen molar-refractivity contribution in [2.24, 2.45) is 0 Å². The van der Waals surface area contributed by atoms with Crippen molar-refractivity contribution in [3.63, 3.8) is 0 Å². The number of hydrogen-bond acceptors (Lipinski definition) is 8. The minimum absolute atomic E-state index is 0.492. The van der Waals surface area contributed by atoms with Gasteiger partial charge in [0, 0.05) is 29.8 Å². The van der Waals surface area contributed by atoms with Crippen LogP contribution in [0, 0.1) is 0 Å². The maximum atomic E-state index is 9.24. The number of furan rings is 1. The molecule has 8 heteroatoms. The van der Waals surface area contributed by atoms with Crippen molar-refractivity contribution in [3.05, 3.63) is 72.0 Å². The first kappa shape index (κ1) is 22.2. The zero-order valence-corrected chi connectivity index (χ0v) is 18.8. The average molecular weight is 450 g/mol. The van der Waals surface area contributed by atoms with E-state index in [1.165, 1.54) is 0 Å². The van der Waals surface area contributed by atoms with E-state index in [1.54, 1.807) is 27.4 Å².